The van der Waals surface area contributed by atoms with Gasteiger partial charge in [0, 0.05) is 48.1 Å². The van der Waals surface area contributed by atoms with Gasteiger partial charge in [0.2, 0.25) is 5.91 Å². The van der Waals surface area contributed by atoms with E-state index in [1.165, 1.54) is 6.92 Å². The summed E-state index contributed by atoms with van der Waals surface area (Å²) in [6.45, 7) is 16.6. The number of carboxylic acid groups (broad SMARTS) is 1. The highest BCUT2D eigenvalue weighted by atomic mass is 16.5. The van der Waals surface area contributed by atoms with Crippen molar-refractivity contribution in [1.29, 1.82) is 0 Å². The number of hydrogen-bond donors (Lipinski definition) is 3. The number of aromatic nitrogens is 1. The van der Waals surface area contributed by atoms with E-state index in [4.69, 9.17) is 9.72 Å². The molecule has 0 aliphatic carbocycles. The van der Waals surface area contributed by atoms with Crippen LogP contribution in [0.1, 0.15) is 87.8 Å². The van der Waals surface area contributed by atoms with Crippen molar-refractivity contribution in [1.82, 2.24) is 15.8 Å². The van der Waals surface area contributed by atoms with Gasteiger partial charge in [-0.1, -0.05) is 26.0 Å². The Balaban J connectivity index is 2.19. The molecule has 1 aromatic heterocycles. The number of amides is 2. The second-order valence-electron chi connectivity index (χ2n) is 11.7. The summed E-state index contributed by atoms with van der Waals surface area (Å²) in [5, 5.41) is 10.3. The molecule has 1 fully saturated rings. The number of hydrogen-bond acceptors (Lipinski definition) is 6. The molecule has 38 heavy (non-hydrogen) atoms. The summed E-state index contributed by atoms with van der Waals surface area (Å²) in [6, 6.07) is 7.00. The first-order valence-corrected chi connectivity index (χ1v) is 12.9. The SMILES string of the molecule is CC(=O)NNC(=O)c1ccc(-c2c(C)nc(C)c(C(OC(C)(C)C)C(=O)O)c2N2CCC(C)(C)CC2)cc1. The van der Waals surface area contributed by atoms with Gasteiger partial charge in [-0.2, -0.15) is 0 Å². The van der Waals surface area contributed by atoms with E-state index in [1.54, 1.807) is 12.1 Å². The molecule has 1 aliphatic heterocycles. The molecule has 1 unspecified atom stereocenters. The average molecular weight is 525 g/mol. The third-order valence-electron chi connectivity index (χ3n) is 6.76. The number of nitrogens with zero attached hydrogens (tertiary/aromatic N) is 2. The monoisotopic (exact) mass is 524 g/mol. The summed E-state index contributed by atoms with van der Waals surface area (Å²) in [6.07, 6.45) is 0.730. The van der Waals surface area contributed by atoms with E-state index in [2.05, 4.69) is 29.6 Å². The number of nitrogens with one attached hydrogen (secondary N) is 2. The number of piperidine rings is 1. The molecule has 3 N–H and O–H groups in total. The van der Waals surface area contributed by atoms with Crippen LogP contribution in [0.25, 0.3) is 11.1 Å². The van der Waals surface area contributed by atoms with Crippen LogP contribution in [0.5, 0.6) is 0 Å². The molecule has 1 atom stereocenters. The Morgan fingerprint density at radius 1 is 1.03 bits per heavy atom. The van der Waals surface area contributed by atoms with Crippen LogP contribution in [-0.4, -0.2) is 46.6 Å². The van der Waals surface area contributed by atoms with Crippen molar-refractivity contribution in [3.8, 4) is 11.1 Å². The lowest BCUT2D eigenvalue weighted by Gasteiger charge is -2.41. The normalized spacial score (nSPS) is 16.1. The first kappa shape index (κ1) is 29.1. The Kier molecular flexibility index (Phi) is 8.51. The number of carboxylic acids is 1. The zero-order valence-corrected chi connectivity index (χ0v) is 23.7. The Morgan fingerprint density at radius 2 is 1.61 bits per heavy atom. The summed E-state index contributed by atoms with van der Waals surface area (Å²) >= 11 is 0. The molecule has 2 aromatic rings. The molecule has 1 aromatic carbocycles. The molecule has 0 saturated carbocycles. The molecule has 2 heterocycles. The number of aryl methyl sites for hydroxylation is 2. The standard InChI is InChI=1S/C29H40N4O5/c1-17-22(20-9-11-21(12-10-20)26(35)32-31-19(3)34)24(33-15-13-29(7,8)14-16-33)23(18(2)30-17)25(27(36)37)38-28(4,5)6/h9-12,25H,13-16H2,1-8H3,(H,31,34)(H,32,35)(H,36,37). The minimum atomic E-state index is -1.20. The first-order valence-electron chi connectivity index (χ1n) is 12.9. The van der Waals surface area contributed by atoms with Gasteiger partial charge in [0.15, 0.2) is 6.10 Å². The fourth-order valence-electron chi connectivity index (χ4n) is 4.76. The number of benzene rings is 1. The van der Waals surface area contributed by atoms with Gasteiger partial charge in [-0.05, 0) is 70.6 Å². The molecule has 3 rings (SSSR count). The summed E-state index contributed by atoms with van der Waals surface area (Å²) < 4.78 is 6.11. The smallest absolute Gasteiger partial charge is 0.337 e. The fraction of sp³-hybridized carbons (Fsp3) is 0.517. The summed E-state index contributed by atoms with van der Waals surface area (Å²) in [5.41, 5.74) is 8.93. The topological polar surface area (TPSA) is 121 Å². The van der Waals surface area contributed by atoms with E-state index < -0.39 is 23.6 Å². The maximum atomic E-state index is 12.6. The summed E-state index contributed by atoms with van der Waals surface area (Å²) in [5.74, 6) is -1.87. The van der Waals surface area contributed by atoms with Crippen molar-refractivity contribution in [3.05, 3.63) is 46.8 Å². The minimum absolute atomic E-state index is 0.199. The van der Waals surface area contributed by atoms with Crippen LogP contribution >= 0.6 is 0 Å². The number of ether oxygens (including phenoxy) is 1. The summed E-state index contributed by atoms with van der Waals surface area (Å²) in [7, 11) is 0. The highest BCUT2D eigenvalue weighted by Crippen LogP contribution is 2.44. The lowest BCUT2D eigenvalue weighted by Crippen LogP contribution is -2.40. The van der Waals surface area contributed by atoms with Crippen LogP contribution in [-0.2, 0) is 14.3 Å². The van der Waals surface area contributed by atoms with E-state index in [1.807, 2.05) is 46.8 Å². The first-order chi connectivity index (χ1) is 17.6. The number of carbonyl (C=O) groups excluding carboxylic acids is 2. The van der Waals surface area contributed by atoms with Crippen LogP contribution in [0.4, 0.5) is 5.69 Å². The number of rotatable bonds is 6. The number of aliphatic carboxylic acids is 1. The van der Waals surface area contributed by atoms with E-state index in [-0.39, 0.29) is 11.3 Å². The molecule has 2 amide bonds. The lowest BCUT2D eigenvalue weighted by molar-refractivity contribution is -0.160. The predicted molar refractivity (Wildman–Crippen MR) is 147 cm³/mol. The maximum absolute atomic E-state index is 12.6. The highest BCUT2D eigenvalue weighted by Gasteiger charge is 2.36. The average Bonchev–Trinajstić information content (AvgIpc) is 2.80. The van der Waals surface area contributed by atoms with Crippen molar-refractivity contribution in [2.45, 2.75) is 79.9 Å². The van der Waals surface area contributed by atoms with Gasteiger partial charge in [0.1, 0.15) is 0 Å². The van der Waals surface area contributed by atoms with Gasteiger partial charge < -0.3 is 14.7 Å². The van der Waals surface area contributed by atoms with Crippen LogP contribution in [0, 0.1) is 19.3 Å². The molecule has 0 spiro atoms. The van der Waals surface area contributed by atoms with Crippen LogP contribution < -0.4 is 15.8 Å². The molecular formula is C29H40N4O5. The second-order valence-corrected chi connectivity index (χ2v) is 11.7. The number of carbonyl (C=O) groups is 3. The van der Waals surface area contributed by atoms with Crippen LogP contribution in [0.15, 0.2) is 24.3 Å². The van der Waals surface area contributed by atoms with E-state index in [0.717, 1.165) is 48.4 Å². The van der Waals surface area contributed by atoms with E-state index in [0.29, 0.717) is 16.8 Å². The van der Waals surface area contributed by atoms with Crippen LogP contribution in [0.2, 0.25) is 0 Å². The van der Waals surface area contributed by atoms with Crippen molar-refractivity contribution in [3.63, 3.8) is 0 Å². The second kappa shape index (κ2) is 11.1. The molecule has 0 radical (unpaired) electrons. The predicted octanol–water partition coefficient (Wildman–Crippen LogP) is 4.71. The van der Waals surface area contributed by atoms with Gasteiger partial charge >= 0.3 is 5.97 Å². The van der Waals surface area contributed by atoms with Gasteiger partial charge in [-0.25, -0.2) is 4.79 Å². The van der Waals surface area contributed by atoms with Gasteiger partial charge in [0.05, 0.1) is 11.3 Å². The highest BCUT2D eigenvalue weighted by molar-refractivity contribution is 5.96. The van der Waals surface area contributed by atoms with Gasteiger partial charge in [-0.15, -0.1) is 0 Å². The third-order valence-corrected chi connectivity index (χ3v) is 6.76. The zero-order chi connectivity index (χ0) is 28.4. The van der Waals surface area contributed by atoms with Crippen molar-refractivity contribution >= 4 is 23.5 Å². The maximum Gasteiger partial charge on any atom is 0.337 e. The number of anilines is 1. The largest absolute Gasteiger partial charge is 0.479 e. The lowest BCUT2D eigenvalue weighted by atomic mass is 9.81. The molecule has 206 valence electrons. The molecule has 9 heteroatoms. The van der Waals surface area contributed by atoms with Crippen molar-refractivity contribution in [2.75, 3.05) is 18.0 Å². The minimum Gasteiger partial charge on any atom is -0.479 e. The number of pyridine rings is 1. The van der Waals surface area contributed by atoms with Crippen LogP contribution in [0.3, 0.4) is 0 Å². The quantitative estimate of drug-likeness (QED) is 0.468. The van der Waals surface area contributed by atoms with Crippen molar-refractivity contribution in [2.24, 2.45) is 5.41 Å². The van der Waals surface area contributed by atoms with E-state index in [9.17, 15) is 19.5 Å². The Bertz CT molecular complexity index is 1200. The molecule has 1 saturated heterocycles. The third kappa shape index (κ3) is 6.89. The molecule has 9 nitrogen and oxygen atoms in total. The number of hydrazine groups is 1. The summed E-state index contributed by atoms with van der Waals surface area (Å²) in [4.78, 5) is 43.2. The Morgan fingerprint density at radius 3 is 2.11 bits per heavy atom. The van der Waals surface area contributed by atoms with Gasteiger partial charge in [-0.3, -0.25) is 25.4 Å². The molecule has 1 aliphatic rings. The van der Waals surface area contributed by atoms with Crippen molar-refractivity contribution < 1.29 is 24.2 Å². The fourth-order valence-corrected chi connectivity index (χ4v) is 4.76. The zero-order valence-electron chi connectivity index (χ0n) is 23.7. The molecular weight excluding hydrogens is 484 g/mol. The molecule has 0 bridgehead atoms. The van der Waals surface area contributed by atoms with Gasteiger partial charge in [0.25, 0.3) is 5.91 Å². The Labute approximate surface area is 224 Å². The Hall–Kier alpha value is -3.46. The van der Waals surface area contributed by atoms with E-state index >= 15 is 0 Å².